The van der Waals surface area contributed by atoms with Crippen molar-refractivity contribution in [3.05, 3.63) is 41.0 Å². The van der Waals surface area contributed by atoms with E-state index in [1.54, 1.807) is 18.2 Å². The second-order valence-corrected chi connectivity index (χ2v) is 10.5. The molecule has 0 spiro atoms. The van der Waals surface area contributed by atoms with Gasteiger partial charge in [0, 0.05) is 28.6 Å². The van der Waals surface area contributed by atoms with Gasteiger partial charge in [-0.15, -0.1) is 21.5 Å². The molecule has 12 heteroatoms. The minimum atomic E-state index is -2.76. The van der Waals surface area contributed by atoms with Crippen LogP contribution in [0.2, 0.25) is 0 Å². The molecule has 1 aliphatic rings. The third-order valence-corrected chi connectivity index (χ3v) is 6.29. The third-order valence-electron chi connectivity index (χ3n) is 5.26. The lowest BCUT2D eigenvalue weighted by Gasteiger charge is -2.19. The van der Waals surface area contributed by atoms with Gasteiger partial charge < -0.3 is 26.0 Å². The summed E-state index contributed by atoms with van der Waals surface area (Å²) in [4.78, 5) is 42.5. The van der Waals surface area contributed by atoms with Gasteiger partial charge in [-0.3, -0.25) is 14.4 Å². The summed E-state index contributed by atoms with van der Waals surface area (Å²) >= 11 is 1.18. The van der Waals surface area contributed by atoms with Gasteiger partial charge in [-0.25, -0.2) is 4.98 Å². The predicted molar refractivity (Wildman–Crippen MR) is 141 cm³/mol. The molecular weight excluding hydrogens is 494 g/mol. The fourth-order valence-electron chi connectivity index (χ4n) is 3.42. The van der Waals surface area contributed by atoms with E-state index >= 15 is 0 Å². The highest BCUT2D eigenvalue weighted by Crippen LogP contribution is 2.40. The Hall–Kier alpha value is -4.06. The number of rotatable bonds is 8. The molecule has 194 valence electrons. The van der Waals surface area contributed by atoms with Crippen LogP contribution in [0, 0.1) is 5.92 Å². The number of anilines is 3. The second-order valence-electron chi connectivity index (χ2n) is 9.45. The zero-order valence-electron chi connectivity index (χ0n) is 23.8. The normalized spacial score (nSPS) is 14.5. The first kappa shape index (κ1) is 22.2. The number of methoxy groups -OCH3 is 1. The lowest BCUT2D eigenvalue weighted by molar-refractivity contribution is -0.117. The number of hydrogen-bond acceptors (Lipinski definition) is 9. The Labute approximate surface area is 222 Å². The summed E-state index contributed by atoms with van der Waals surface area (Å²) in [6.45, 7) is 2.89. The maximum Gasteiger partial charge on any atom is 0.273 e. The van der Waals surface area contributed by atoms with E-state index in [0.717, 1.165) is 12.8 Å². The number of nitrogens with one attached hydrogen (secondary N) is 4. The van der Waals surface area contributed by atoms with Crippen molar-refractivity contribution in [2.75, 3.05) is 24.7 Å². The van der Waals surface area contributed by atoms with Crippen LogP contribution in [0.1, 0.15) is 57.9 Å². The van der Waals surface area contributed by atoms with Crippen LogP contribution in [0.15, 0.2) is 30.5 Å². The number of para-hydroxylation sites is 1. The van der Waals surface area contributed by atoms with Crippen LogP contribution < -0.4 is 26.0 Å². The van der Waals surface area contributed by atoms with Crippen LogP contribution in [0.5, 0.6) is 5.75 Å². The number of thiazole rings is 1. The van der Waals surface area contributed by atoms with Gasteiger partial charge >= 0.3 is 0 Å². The highest BCUT2D eigenvalue weighted by molar-refractivity contribution is 7.17. The number of carbonyl (C=O) groups excluding carboxylic acids is 3. The molecule has 0 atom stereocenters. The molecule has 2 aromatic heterocycles. The minimum absolute atomic E-state index is 0.0858. The zero-order valence-corrected chi connectivity index (χ0v) is 21.6. The smallest absolute Gasteiger partial charge is 0.273 e. The Morgan fingerprint density at radius 2 is 1.92 bits per heavy atom. The average Bonchev–Trinajstić information content (AvgIpc) is 3.58. The number of ether oxygens (including phenoxy) is 1. The Balaban J connectivity index is 1.69. The number of benzene rings is 1. The van der Waals surface area contributed by atoms with E-state index in [1.807, 2.05) is 26.1 Å². The molecular formula is C25H29N7O4S. The number of carbonyl (C=O) groups is 3. The van der Waals surface area contributed by atoms with E-state index in [1.165, 1.54) is 30.7 Å². The van der Waals surface area contributed by atoms with Crippen molar-refractivity contribution in [1.29, 1.82) is 0 Å². The Bertz CT molecular complexity index is 1450. The van der Waals surface area contributed by atoms with Gasteiger partial charge in [-0.05, 0) is 45.7 Å². The largest absolute Gasteiger partial charge is 0.494 e. The molecule has 0 radical (unpaired) electrons. The topological polar surface area (TPSA) is 147 Å². The molecule has 1 aromatic carbocycles. The lowest BCUT2D eigenvalue weighted by Crippen LogP contribution is -2.40. The van der Waals surface area contributed by atoms with Gasteiger partial charge in [0.1, 0.15) is 9.88 Å². The van der Waals surface area contributed by atoms with Gasteiger partial charge in [0.15, 0.2) is 17.3 Å². The minimum Gasteiger partial charge on any atom is -0.494 e. The average molecular weight is 527 g/mol. The molecule has 0 aliphatic heterocycles. The molecule has 1 fully saturated rings. The van der Waals surface area contributed by atoms with Crippen molar-refractivity contribution in [1.82, 2.24) is 25.8 Å². The van der Waals surface area contributed by atoms with E-state index < -0.39 is 18.4 Å². The van der Waals surface area contributed by atoms with Crippen molar-refractivity contribution in [2.45, 2.75) is 39.2 Å². The molecule has 11 nitrogen and oxygen atoms in total. The highest BCUT2D eigenvalue weighted by Gasteiger charge is 2.30. The van der Waals surface area contributed by atoms with Gasteiger partial charge in [0.25, 0.3) is 11.8 Å². The highest BCUT2D eigenvalue weighted by atomic mass is 32.1. The molecule has 4 N–H and O–H groups in total. The number of hydrogen-bond donors (Lipinski definition) is 4. The van der Waals surface area contributed by atoms with Crippen LogP contribution in [0.4, 0.5) is 17.2 Å². The Morgan fingerprint density at radius 1 is 1.14 bits per heavy atom. The molecule has 4 rings (SSSR count). The summed E-state index contributed by atoms with van der Waals surface area (Å²) in [6.07, 6.45) is 3.05. The molecule has 37 heavy (non-hydrogen) atoms. The van der Waals surface area contributed by atoms with Gasteiger partial charge in [0.05, 0.1) is 30.2 Å². The zero-order chi connectivity index (χ0) is 29.2. The van der Waals surface area contributed by atoms with E-state index in [0.29, 0.717) is 26.9 Å². The molecule has 0 unspecified atom stereocenters. The number of amides is 3. The van der Waals surface area contributed by atoms with E-state index in [2.05, 4.69) is 31.1 Å². The van der Waals surface area contributed by atoms with E-state index in [4.69, 9.17) is 8.85 Å². The van der Waals surface area contributed by atoms with Crippen LogP contribution in [-0.2, 0) is 4.79 Å². The second kappa shape index (κ2) is 10.5. The molecule has 0 saturated heterocycles. The Kier molecular flexibility index (Phi) is 6.29. The molecule has 3 aromatic rings. The molecule has 1 saturated carbocycles. The van der Waals surface area contributed by atoms with Crippen LogP contribution >= 0.6 is 11.3 Å². The van der Waals surface area contributed by atoms with Crippen LogP contribution in [0.3, 0.4) is 0 Å². The van der Waals surface area contributed by atoms with Crippen LogP contribution in [0.25, 0.3) is 10.6 Å². The first-order valence-electron chi connectivity index (χ1n) is 13.0. The van der Waals surface area contributed by atoms with Gasteiger partial charge in [-0.1, -0.05) is 6.07 Å². The summed E-state index contributed by atoms with van der Waals surface area (Å²) in [5.41, 5.74) is 0.337. The van der Waals surface area contributed by atoms with E-state index in [-0.39, 0.29) is 34.9 Å². The van der Waals surface area contributed by atoms with Gasteiger partial charge in [-0.2, -0.15) is 0 Å². The van der Waals surface area contributed by atoms with Crippen molar-refractivity contribution >= 4 is 46.3 Å². The molecule has 0 bridgehead atoms. The van der Waals surface area contributed by atoms with Gasteiger partial charge in [0.2, 0.25) is 5.91 Å². The van der Waals surface area contributed by atoms with Crippen molar-refractivity contribution in [3.8, 4) is 16.3 Å². The van der Waals surface area contributed by atoms with Crippen molar-refractivity contribution in [2.24, 2.45) is 5.92 Å². The summed E-state index contributed by atoms with van der Waals surface area (Å²) in [5, 5.41) is 18.8. The summed E-state index contributed by atoms with van der Waals surface area (Å²) < 4.78 is 27.8. The standard InChI is InChI=1S/C25H29N7O4S/c1-25(2,3)30-22(34)17-12-27-24(37-17)14-7-6-8-15(20(14)36-5)28-16-11-18(29-21(33)13-9-10-13)31-32-19(16)23(35)26-4/h6-8,11-13H,9-10H2,1-5H3,(H,26,35)(H,30,34)(H2,28,29,31,33)/i4D3. The molecule has 2 heterocycles. The fraction of sp³-hybridized carbons (Fsp3) is 0.360. The number of nitrogens with zero attached hydrogens (tertiary/aromatic N) is 3. The van der Waals surface area contributed by atoms with Crippen LogP contribution in [-0.4, -0.2) is 52.5 Å². The SMILES string of the molecule is [2H]C([2H])([2H])NC(=O)c1nnc(NC(=O)C2CC2)cc1Nc1cccc(-c2ncc(C(=O)NC(C)(C)C)s2)c1OC. The monoisotopic (exact) mass is 526 g/mol. The lowest BCUT2D eigenvalue weighted by atomic mass is 10.1. The number of aromatic nitrogens is 3. The maximum atomic E-state index is 12.8. The first-order valence-corrected chi connectivity index (χ1v) is 12.3. The quantitative estimate of drug-likeness (QED) is 0.348. The van der Waals surface area contributed by atoms with Crippen molar-refractivity contribution in [3.63, 3.8) is 0 Å². The first-order chi connectivity index (χ1) is 18.7. The molecule has 1 aliphatic carbocycles. The maximum absolute atomic E-state index is 12.8. The summed E-state index contributed by atoms with van der Waals surface area (Å²) in [7, 11) is 1.46. The fourth-order valence-corrected chi connectivity index (χ4v) is 4.26. The van der Waals surface area contributed by atoms with Crippen molar-refractivity contribution < 1.29 is 23.2 Å². The molecule has 3 amide bonds. The predicted octanol–water partition coefficient (Wildman–Crippen LogP) is 3.59. The summed E-state index contributed by atoms with van der Waals surface area (Å²) in [6, 6.07) is 6.56. The van der Waals surface area contributed by atoms with E-state index in [9.17, 15) is 14.4 Å². The summed E-state index contributed by atoms with van der Waals surface area (Å²) in [5.74, 6) is -1.11. The Morgan fingerprint density at radius 3 is 2.59 bits per heavy atom. The third kappa shape index (κ3) is 6.20.